The van der Waals surface area contributed by atoms with Crippen molar-refractivity contribution in [2.45, 2.75) is 43.9 Å². The maximum atomic E-state index is 13.3. The van der Waals surface area contributed by atoms with E-state index in [0.29, 0.717) is 36.4 Å². The van der Waals surface area contributed by atoms with Gasteiger partial charge >= 0.3 is 6.09 Å². The van der Waals surface area contributed by atoms with Crippen LogP contribution in [0, 0.1) is 11.8 Å². The van der Waals surface area contributed by atoms with Crippen LogP contribution in [0.2, 0.25) is 0 Å². The molecule has 0 unspecified atom stereocenters. The van der Waals surface area contributed by atoms with Crippen LogP contribution in [0.1, 0.15) is 39.0 Å². The SMILES string of the molecule is CCCN(CC1CCC(CNC(=O)O)CC1)S(=O)(=O)c1ccc2ccccc2c1. The normalized spacial score (nSPS) is 20.1. The van der Waals surface area contributed by atoms with Crippen molar-refractivity contribution >= 4 is 26.9 Å². The van der Waals surface area contributed by atoms with Crippen molar-refractivity contribution in [1.29, 1.82) is 0 Å². The molecule has 0 saturated heterocycles. The second kappa shape index (κ2) is 9.59. The zero-order chi connectivity index (χ0) is 20.9. The number of nitrogens with zero attached hydrogens (tertiary/aromatic N) is 1. The van der Waals surface area contributed by atoms with Crippen molar-refractivity contribution in [3.8, 4) is 0 Å². The fraction of sp³-hybridized carbons (Fsp3) is 0.500. The molecule has 2 aromatic carbocycles. The molecule has 0 bridgehead atoms. The van der Waals surface area contributed by atoms with E-state index in [-0.39, 0.29) is 0 Å². The summed E-state index contributed by atoms with van der Waals surface area (Å²) in [4.78, 5) is 11.0. The molecule has 1 saturated carbocycles. The number of benzene rings is 2. The Morgan fingerprint density at radius 3 is 2.38 bits per heavy atom. The van der Waals surface area contributed by atoms with Crippen molar-refractivity contribution in [3.05, 3.63) is 42.5 Å². The Kier molecular flexibility index (Phi) is 7.14. The third kappa shape index (κ3) is 5.48. The van der Waals surface area contributed by atoms with Gasteiger partial charge in [-0.2, -0.15) is 4.31 Å². The molecule has 2 aromatic rings. The van der Waals surface area contributed by atoms with Crippen molar-refractivity contribution < 1.29 is 18.3 Å². The van der Waals surface area contributed by atoms with E-state index in [0.717, 1.165) is 42.9 Å². The standard InChI is InChI=1S/C22H30N2O4S/c1-2-13-24(16-18-9-7-17(8-10-18)15-23-22(25)26)29(27,28)21-12-11-19-5-3-4-6-20(19)14-21/h3-6,11-12,14,17-18,23H,2,7-10,13,15-16H2,1H3,(H,25,26). The van der Waals surface area contributed by atoms with Crippen LogP contribution in [0.4, 0.5) is 4.79 Å². The second-order valence-electron chi connectivity index (χ2n) is 7.94. The van der Waals surface area contributed by atoms with E-state index in [4.69, 9.17) is 5.11 Å². The first kappa shape index (κ1) is 21.6. The third-order valence-electron chi connectivity index (χ3n) is 5.80. The lowest BCUT2D eigenvalue weighted by molar-refractivity contribution is 0.185. The Morgan fingerprint density at radius 2 is 1.72 bits per heavy atom. The van der Waals surface area contributed by atoms with Crippen molar-refractivity contribution in [3.63, 3.8) is 0 Å². The molecular weight excluding hydrogens is 388 g/mol. The molecule has 1 aliphatic carbocycles. The van der Waals surface area contributed by atoms with Gasteiger partial charge in [0.25, 0.3) is 0 Å². The summed E-state index contributed by atoms with van der Waals surface area (Å²) in [6.45, 7) is 3.52. The summed E-state index contributed by atoms with van der Waals surface area (Å²) in [6, 6.07) is 13.1. The number of hydrogen-bond donors (Lipinski definition) is 2. The molecule has 1 amide bonds. The molecule has 0 atom stereocenters. The third-order valence-corrected chi connectivity index (χ3v) is 7.66. The van der Waals surface area contributed by atoms with Gasteiger partial charge in [0.05, 0.1) is 4.90 Å². The van der Waals surface area contributed by atoms with Gasteiger partial charge in [-0.15, -0.1) is 0 Å². The molecule has 0 spiro atoms. The van der Waals surface area contributed by atoms with Crippen molar-refractivity contribution in [1.82, 2.24) is 9.62 Å². The van der Waals surface area contributed by atoms with E-state index in [9.17, 15) is 13.2 Å². The summed E-state index contributed by atoms with van der Waals surface area (Å²) < 4.78 is 28.3. The van der Waals surface area contributed by atoms with Crippen LogP contribution in [-0.2, 0) is 10.0 Å². The Balaban J connectivity index is 1.69. The maximum absolute atomic E-state index is 13.3. The van der Waals surface area contributed by atoms with Crippen molar-refractivity contribution in [2.24, 2.45) is 11.8 Å². The van der Waals surface area contributed by atoms with Crippen LogP contribution < -0.4 is 5.32 Å². The highest BCUT2D eigenvalue weighted by Crippen LogP contribution is 2.31. The lowest BCUT2D eigenvalue weighted by atomic mass is 9.82. The van der Waals surface area contributed by atoms with Crippen LogP contribution in [0.15, 0.2) is 47.4 Å². The minimum Gasteiger partial charge on any atom is -0.465 e. The highest BCUT2D eigenvalue weighted by Gasteiger charge is 2.29. The Labute approximate surface area is 173 Å². The van der Waals surface area contributed by atoms with Gasteiger partial charge in [-0.1, -0.05) is 37.3 Å². The van der Waals surface area contributed by atoms with E-state index in [1.807, 2.05) is 37.3 Å². The molecule has 0 radical (unpaired) electrons. The number of nitrogens with one attached hydrogen (secondary N) is 1. The first-order valence-corrected chi connectivity index (χ1v) is 11.8. The van der Waals surface area contributed by atoms with Gasteiger partial charge in [0.1, 0.15) is 0 Å². The molecule has 158 valence electrons. The van der Waals surface area contributed by atoms with Crippen LogP contribution >= 0.6 is 0 Å². The quantitative estimate of drug-likeness (QED) is 0.669. The predicted octanol–water partition coefficient (Wildman–Crippen LogP) is 4.31. The Bertz CT molecular complexity index is 937. The number of sulfonamides is 1. The van der Waals surface area contributed by atoms with Gasteiger partial charge < -0.3 is 10.4 Å². The largest absolute Gasteiger partial charge is 0.465 e. The number of carboxylic acid groups (broad SMARTS) is 1. The van der Waals surface area contributed by atoms with Crippen LogP contribution in [0.5, 0.6) is 0 Å². The summed E-state index contributed by atoms with van der Waals surface area (Å²) >= 11 is 0. The molecule has 3 rings (SSSR count). The van der Waals surface area contributed by atoms with Crippen LogP contribution in [0.3, 0.4) is 0 Å². The van der Waals surface area contributed by atoms with E-state index < -0.39 is 16.1 Å². The van der Waals surface area contributed by atoms with Gasteiger partial charge in [0.2, 0.25) is 10.0 Å². The molecule has 0 aliphatic heterocycles. The van der Waals surface area contributed by atoms with Gasteiger partial charge in [-0.3, -0.25) is 0 Å². The van der Waals surface area contributed by atoms with E-state index in [2.05, 4.69) is 5.32 Å². The average molecular weight is 419 g/mol. The van der Waals surface area contributed by atoms with Crippen LogP contribution in [-0.4, -0.2) is 43.6 Å². The number of hydrogen-bond acceptors (Lipinski definition) is 3. The summed E-state index contributed by atoms with van der Waals surface area (Å²) in [5.41, 5.74) is 0. The van der Waals surface area contributed by atoms with Gasteiger partial charge in [0, 0.05) is 19.6 Å². The first-order chi connectivity index (χ1) is 13.9. The Morgan fingerprint density at radius 1 is 1.07 bits per heavy atom. The van der Waals surface area contributed by atoms with E-state index in [1.54, 1.807) is 16.4 Å². The fourth-order valence-corrected chi connectivity index (χ4v) is 5.82. The molecule has 1 aliphatic rings. The zero-order valence-electron chi connectivity index (χ0n) is 16.9. The molecule has 0 heterocycles. The lowest BCUT2D eigenvalue weighted by Crippen LogP contribution is -2.38. The monoisotopic (exact) mass is 418 g/mol. The van der Waals surface area contributed by atoms with Gasteiger partial charge in [0.15, 0.2) is 0 Å². The molecular formula is C22H30N2O4S. The number of rotatable bonds is 8. The maximum Gasteiger partial charge on any atom is 0.404 e. The van der Waals surface area contributed by atoms with Gasteiger partial charge in [-0.25, -0.2) is 13.2 Å². The summed E-state index contributed by atoms with van der Waals surface area (Å²) in [6.07, 6.45) is 3.51. The number of carbonyl (C=O) groups is 1. The molecule has 29 heavy (non-hydrogen) atoms. The first-order valence-electron chi connectivity index (χ1n) is 10.4. The molecule has 1 fully saturated rings. The van der Waals surface area contributed by atoms with Crippen LogP contribution in [0.25, 0.3) is 10.8 Å². The number of amides is 1. The molecule has 6 nitrogen and oxygen atoms in total. The highest BCUT2D eigenvalue weighted by molar-refractivity contribution is 7.89. The topological polar surface area (TPSA) is 86.7 Å². The fourth-order valence-electron chi connectivity index (χ4n) is 4.17. The highest BCUT2D eigenvalue weighted by atomic mass is 32.2. The molecule has 2 N–H and O–H groups in total. The molecule has 0 aromatic heterocycles. The van der Waals surface area contributed by atoms with E-state index in [1.165, 1.54) is 0 Å². The van der Waals surface area contributed by atoms with Gasteiger partial charge in [-0.05, 0) is 66.8 Å². The van der Waals surface area contributed by atoms with Crippen molar-refractivity contribution in [2.75, 3.05) is 19.6 Å². The zero-order valence-corrected chi connectivity index (χ0v) is 17.7. The minimum atomic E-state index is -3.55. The Hall–Kier alpha value is -2.12. The summed E-state index contributed by atoms with van der Waals surface area (Å²) in [7, 11) is -3.55. The second-order valence-corrected chi connectivity index (χ2v) is 9.88. The smallest absolute Gasteiger partial charge is 0.404 e. The number of fused-ring (bicyclic) bond motifs is 1. The summed E-state index contributed by atoms with van der Waals surface area (Å²) in [5.74, 6) is 0.664. The van der Waals surface area contributed by atoms with E-state index >= 15 is 0 Å². The molecule has 7 heteroatoms. The average Bonchev–Trinajstić information content (AvgIpc) is 2.72. The minimum absolute atomic E-state index is 0.317. The summed E-state index contributed by atoms with van der Waals surface area (Å²) in [5, 5.41) is 13.2. The lowest BCUT2D eigenvalue weighted by Gasteiger charge is -2.32. The predicted molar refractivity (Wildman–Crippen MR) is 114 cm³/mol.